The van der Waals surface area contributed by atoms with E-state index in [0.717, 1.165) is 129 Å². The highest BCUT2D eigenvalue weighted by molar-refractivity contribution is 7.41. The Morgan fingerprint density at radius 1 is 0.407 bits per heavy atom. The van der Waals surface area contributed by atoms with Crippen molar-refractivity contribution in [1.29, 1.82) is 0 Å². The monoisotopic (exact) mass is 1310 g/mol. The SMILES string of the molecule is CCCCCCCCCCCOP(OCCCCCCCCCCC)OCCCCCCCN(CCCCCCCC(=O)OC(CCCCCCCCCCC)CCCCCCCCCCC)CCCCO[C@@H]1CC(OC(C)=O)[C@H](OC(C)=O)C(COC(C)=O)O1. The zero-order chi connectivity index (χ0) is 66.1. The summed E-state index contributed by atoms with van der Waals surface area (Å²) in [6.45, 7) is 18.4. The number of ether oxygens (including phenoxy) is 6. The number of hydrogen-bond donors (Lipinski definition) is 0. The zero-order valence-corrected chi connectivity index (χ0v) is 61.4. The molecular formula is C76H146NO13P. The molecular weight excluding hydrogens is 1170 g/mol. The largest absolute Gasteiger partial charge is 0.463 e. The predicted octanol–water partition coefficient (Wildman–Crippen LogP) is 22.0. The number of carbonyl (C=O) groups is 4. The molecule has 1 aliphatic rings. The predicted molar refractivity (Wildman–Crippen MR) is 376 cm³/mol. The molecule has 0 saturated carbocycles. The van der Waals surface area contributed by atoms with Crippen LogP contribution in [0.3, 0.4) is 0 Å². The lowest BCUT2D eigenvalue weighted by molar-refractivity contribution is -0.266. The van der Waals surface area contributed by atoms with Gasteiger partial charge in [-0.1, -0.05) is 272 Å². The molecule has 0 amide bonds. The van der Waals surface area contributed by atoms with Gasteiger partial charge in [-0.25, -0.2) is 0 Å². The number of nitrogens with zero attached hydrogens (tertiary/aromatic N) is 1. The van der Waals surface area contributed by atoms with Crippen molar-refractivity contribution in [3.8, 4) is 0 Å². The maximum absolute atomic E-state index is 13.3. The minimum absolute atomic E-state index is 0.000865. The van der Waals surface area contributed by atoms with Crippen LogP contribution >= 0.6 is 8.60 Å². The molecule has 0 aliphatic carbocycles. The molecule has 1 aliphatic heterocycles. The molecule has 1 heterocycles. The first-order valence-electron chi connectivity index (χ1n) is 38.9. The van der Waals surface area contributed by atoms with Gasteiger partial charge in [-0.2, -0.15) is 0 Å². The normalized spacial score (nSPS) is 15.9. The van der Waals surface area contributed by atoms with Crippen LogP contribution in [0.4, 0.5) is 0 Å². The fourth-order valence-corrected chi connectivity index (χ4v) is 13.4. The van der Waals surface area contributed by atoms with Crippen molar-refractivity contribution in [1.82, 2.24) is 4.90 Å². The molecule has 0 N–H and O–H groups in total. The number of unbranched alkanes of at least 4 members (excludes halogenated alkanes) is 41. The van der Waals surface area contributed by atoms with E-state index in [1.54, 1.807) is 0 Å². The van der Waals surface area contributed by atoms with E-state index in [9.17, 15) is 19.2 Å². The van der Waals surface area contributed by atoms with Crippen LogP contribution < -0.4 is 0 Å². The third-order valence-corrected chi connectivity index (χ3v) is 19.0. The molecule has 4 atom stereocenters. The lowest BCUT2D eigenvalue weighted by atomic mass is 10.0. The first-order valence-corrected chi connectivity index (χ1v) is 40.0. The van der Waals surface area contributed by atoms with Crippen LogP contribution in [0.2, 0.25) is 0 Å². The molecule has 1 fully saturated rings. The van der Waals surface area contributed by atoms with Gasteiger partial charge in [-0.05, 0) is 96.7 Å². The van der Waals surface area contributed by atoms with Gasteiger partial charge < -0.3 is 46.9 Å². The summed E-state index contributed by atoms with van der Waals surface area (Å²) in [5.41, 5.74) is 0. The molecule has 2 unspecified atom stereocenters. The Kier molecular flexibility index (Phi) is 63.8. The van der Waals surface area contributed by atoms with E-state index in [4.69, 9.17) is 42.0 Å². The molecule has 538 valence electrons. The number of hydrogen-bond acceptors (Lipinski definition) is 14. The molecule has 0 aromatic carbocycles. The smallest absolute Gasteiger partial charge is 0.332 e. The van der Waals surface area contributed by atoms with Gasteiger partial charge in [-0.3, -0.25) is 19.2 Å². The molecule has 91 heavy (non-hydrogen) atoms. The molecule has 0 bridgehead atoms. The molecule has 15 heteroatoms. The van der Waals surface area contributed by atoms with Crippen LogP contribution in [0.25, 0.3) is 0 Å². The lowest BCUT2D eigenvalue weighted by Crippen LogP contribution is -2.54. The summed E-state index contributed by atoms with van der Waals surface area (Å²) in [5, 5.41) is 0. The van der Waals surface area contributed by atoms with Gasteiger partial charge in [0.05, 0.1) is 19.8 Å². The van der Waals surface area contributed by atoms with E-state index in [1.165, 1.54) is 233 Å². The second kappa shape index (κ2) is 66.7. The van der Waals surface area contributed by atoms with Crippen LogP contribution in [-0.2, 0) is 61.2 Å². The highest BCUT2D eigenvalue weighted by atomic mass is 31.2. The van der Waals surface area contributed by atoms with Gasteiger partial charge in [0.15, 0.2) is 12.4 Å². The summed E-state index contributed by atoms with van der Waals surface area (Å²) in [6, 6.07) is 0. The molecule has 0 aromatic heterocycles. The second-order valence-corrected chi connectivity index (χ2v) is 28.0. The van der Waals surface area contributed by atoms with E-state index < -0.39 is 51.1 Å². The Labute approximate surface area is 561 Å². The zero-order valence-electron chi connectivity index (χ0n) is 60.5. The number of rotatable bonds is 70. The van der Waals surface area contributed by atoms with Crippen molar-refractivity contribution in [3.63, 3.8) is 0 Å². The average Bonchev–Trinajstić information content (AvgIpc) is 1.78. The highest BCUT2D eigenvalue weighted by Crippen LogP contribution is 2.40. The van der Waals surface area contributed by atoms with Crippen molar-refractivity contribution in [2.75, 3.05) is 52.7 Å². The van der Waals surface area contributed by atoms with Crippen molar-refractivity contribution in [3.05, 3.63) is 0 Å². The van der Waals surface area contributed by atoms with Gasteiger partial charge in [0.25, 0.3) is 0 Å². The first kappa shape index (κ1) is 87.1. The Morgan fingerprint density at radius 3 is 1.13 bits per heavy atom. The quantitative estimate of drug-likeness (QED) is 0.0245. The summed E-state index contributed by atoms with van der Waals surface area (Å²) < 4.78 is 53.8. The van der Waals surface area contributed by atoms with Crippen LogP contribution in [0.15, 0.2) is 0 Å². The Bertz CT molecular complexity index is 1570. The number of esters is 4. The standard InChI is InChI=1S/C76H146NO13P/c1-8-12-16-20-24-28-32-38-46-56-71(57-47-39-33-29-25-21-17-13-9-2)89-74(81)58-48-40-36-41-49-59-77(61-51-55-62-82-75-66-72(87-69(6)79)76(88-70(7)80)73(90-75)67-83-68(5)78)60-50-42-37-45-54-65-86-91(84-63-52-43-34-30-26-22-18-14-10-3)85-64-53-44-35-31-27-23-19-15-11-4/h71-73,75-76H,8-67H2,1-7H3/t72?,73?,75-,76-/m0/s1. The summed E-state index contributed by atoms with van der Waals surface area (Å²) in [7, 11) is -1.32. The van der Waals surface area contributed by atoms with Crippen LogP contribution in [0.5, 0.6) is 0 Å². The Morgan fingerprint density at radius 2 is 0.747 bits per heavy atom. The van der Waals surface area contributed by atoms with E-state index in [1.807, 2.05) is 0 Å². The highest BCUT2D eigenvalue weighted by Gasteiger charge is 2.44. The van der Waals surface area contributed by atoms with Gasteiger partial charge in [0.1, 0.15) is 24.9 Å². The fourth-order valence-electron chi connectivity index (χ4n) is 12.3. The topological polar surface area (TPSA) is 155 Å². The minimum Gasteiger partial charge on any atom is -0.463 e. The maximum Gasteiger partial charge on any atom is 0.332 e. The van der Waals surface area contributed by atoms with Crippen molar-refractivity contribution in [2.45, 2.75) is 413 Å². The van der Waals surface area contributed by atoms with Gasteiger partial charge in [-0.15, -0.1) is 0 Å². The van der Waals surface area contributed by atoms with Gasteiger partial charge >= 0.3 is 32.5 Å². The molecule has 0 aromatic rings. The van der Waals surface area contributed by atoms with E-state index in [2.05, 4.69) is 32.6 Å². The fraction of sp³-hybridized carbons (Fsp3) is 0.947. The lowest BCUT2D eigenvalue weighted by Gasteiger charge is -2.39. The molecule has 1 saturated heterocycles. The summed E-state index contributed by atoms with van der Waals surface area (Å²) in [4.78, 5) is 51.7. The third-order valence-electron chi connectivity index (χ3n) is 17.8. The number of carbonyl (C=O) groups excluding carboxylic acids is 4. The van der Waals surface area contributed by atoms with Crippen LogP contribution in [0.1, 0.15) is 382 Å². The molecule has 14 nitrogen and oxygen atoms in total. The third kappa shape index (κ3) is 58.0. The maximum atomic E-state index is 13.3. The van der Waals surface area contributed by atoms with Crippen molar-refractivity contribution >= 4 is 32.5 Å². The molecule has 1 rings (SSSR count). The van der Waals surface area contributed by atoms with E-state index >= 15 is 0 Å². The molecule has 0 spiro atoms. The van der Waals surface area contributed by atoms with Gasteiger partial charge in [0.2, 0.25) is 0 Å². The summed E-state index contributed by atoms with van der Waals surface area (Å²) in [5.74, 6) is -1.56. The average molecular weight is 1310 g/mol. The Balaban J connectivity index is 2.77. The second-order valence-electron chi connectivity index (χ2n) is 26.8. The first-order chi connectivity index (χ1) is 44.5. The van der Waals surface area contributed by atoms with E-state index in [0.29, 0.717) is 32.8 Å². The molecule has 0 radical (unpaired) electrons. The van der Waals surface area contributed by atoms with Gasteiger partial charge in [0, 0.05) is 40.2 Å². The minimum atomic E-state index is -1.32. The summed E-state index contributed by atoms with van der Waals surface area (Å²) in [6.07, 6.45) is 58.9. The van der Waals surface area contributed by atoms with Crippen LogP contribution in [-0.4, -0.2) is 112 Å². The van der Waals surface area contributed by atoms with Crippen LogP contribution in [0, 0.1) is 0 Å². The van der Waals surface area contributed by atoms with Crippen molar-refractivity contribution < 1.29 is 61.2 Å². The summed E-state index contributed by atoms with van der Waals surface area (Å²) >= 11 is 0. The van der Waals surface area contributed by atoms with Crippen molar-refractivity contribution in [2.24, 2.45) is 0 Å². The van der Waals surface area contributed by atoms with E-state index in [-0.39, 0.29) is 25.1 Å². The Hall–Kier alpha value is -1.93.